The number of nitrogens with zero attached hydrogens (tertiary/aromatic N) is 1. The molecule has 2 aromatic rings. The molecule has 2 aromatic heterocycles. The maximum atomic E-state index is 11.9. The molecular formula is C11H14N2O2S3. The third-order valence-corrected chi connectivity index (χ3v) is 6.00. The summed E-state index contributed by atoms with van der Waals surface area (Å²) in [6.45, 7) is 4.38. The average Bonchev–Trinajstić information content (AvgIpc) is 2.98. The zero-order valence-corrected chi connectivity index (χ0v) is 12.5. The Morgan fingerprint density at radius 1 is 1.39 bits per heavy atom. The van der Waals surface area contributed by atoms with Crippen molar-refractivity contribution in [3.8, 4) is 0 Å². The van der Waals surface area contributed by atoms with Crippen LogP contribution in [0.5, 0.6) is 0 Å². The zero-order chi connectivity index (χ0) is 13.2. The Balaban J connectivity index is 2.03. The van der Waals surface area contributed by atoms with Crippen LogP contribution in [0.1, 0.15) is 30.5 Å². The molecule has 0 unspecified atom stereocenters. The van der Waals surface area contributed by atoms with Crippen molar-refractivity contribution in [2.75, 3.05) is 0 Å². The molecule has 0 atom stereocenters. The summed E-state index contributed by atoms with van der Waals surface area (Å²) in [5.41, 5.74) is 1.00. The van der Waals surface area contributed by atoms with Gasteiger partial charge in [0.15, 0.2) is 0 Å². The van der Waals surface area contributed by atoms with Crippen LogP contribution < -0.4 is 4.72 Å². The highest BCUT2D eigenvalue weighted by atomic mass is 32.2. The van der Waals surface area contributed by atoms with E-state index in [1.54, 1.807) is 17.5 Å². The minimum absolute atomic E-state index is 0.248. The SMILES string of the molecule is CC(C)c1csc(CNS(=O)(=O)c2cccs2)n1. The Bertz CT molecular complexity index is 600. The zero-order valence-electron chi connectivity index (χ0n) is 10.1. The number of aromatic nitrogens is 1. The van der Waals surface area contributed by atoms with Crippen LogP contribution in [0.3, 0.4) is 0 Å². The molecule has 0 saturated heterocycles. The van der Waals surface area contributed by atoms with Crippen molar-refractivity contribution in [1.82, 2.24) is 9.71 Å². The Labute approximate surface area is 115 Å². The Hall–Kier alpha value is -0.760. The Morgan fingerprint density at radius 3 is 2.72 bits per heavy atom. The van der Waals surface area contributed by atoms with Gasteiger partial charge in [0.2, 0.25) is 10.0 Å². The lowest BCUT2D eigenvalue weighted by molar-refractivity contribution is 0.583. The number of rotatable bonds is 5. The van der Waals surface area contributed by atoms with Gasteiger partial charge in [0.25, 0.3) is 0 Å². The quantitative estimate of drug-likeness (QED) is 0.924. The second-order valence-electron chi connectivity index (χ2n) is 4.08. The molecule has 0 amide bonds. The van der Waals surface area contributed by atoms with Gasteiger partial charge in [-0.2, -0.15) is 0 Å². The van der Waals surface area contributed by atoms with Crippen LogP contribution in [0.2, 0.25) is 0 Å². The number of nitrogens with one attached hydrogen (secondary N) is 1. The van der Waals surface area contributed by atoms with Crippen LogP contribution in [0, 0.1) is 0 Å². The molecule has 98 valence electrons. The predicted molar refractivity (Wildman–Crippen MR) is 74.5 cm³/mol. The lowest BCUT2D eigenvalue weighted by Crippen LogP contribution is -2.22. The van der Waals surface area contributed by atoms with Gasteiger partial charge in [-0.3, -0.25) is 0 Å². The third-order valence-electron chi connectivity index (χ3n) is 2.33. The molecular weight excluding hydrogens is 288 g/mol. The monoisotopic (exact) mass is 302 g/mol. The van der Waals surface area contributed by atoms with Crippen LogP contribution in [0.15, 0.2) is 27.1 Å². The van der Waals surface area contributed by atoms with Crippen LogP contribution in [-0.4, -0.2) is 13.4 Å². The van der Waals surface area contributed by atoms with Crippen molar-refractivity contribution in [1.29, 1.82) is 0 Å². The van der Waals surface area contributed by atoms with E-state index in [1.807, 2.05) is 5.38 Å². The summed E-state index contributed by atoms with van der Waals surface area (Å²) < 4.78 is 26.7. The summed E-state index contributed by atoms with van der Waals surface area (Å²) in [4.78, 5) is 4.39. The maximum Gasteiger partial charge on any atom is 0.250 e. The van der Waals surface area contributed by atoms with E-state index in [0.717, 1.165) is 10.7 Å². The van der Waals surface area contributed by atoms with Gasteiger partial charge in [-0.15, -0.1) is 22.7 Å². The molecule has 4 nitrogen and oxygen atoms in total. The van der Waals surface area contributed by atoms with Gasteiger partial charge >= 0.3 is 0 Å². The standard InChI is InChI=1S/C11H14N2O2S3/c1-8(2)9-7-17-10(13-9)6-12-18(14,15)11-4-3-5-16-11/h3-5,7-8,12H,6H2,1-2H3. The van der Waals surface area contributed by atoms with Gasteiger partial charge in [0, 0.05) is 5.38 Å². The minimum Gasteiger partial charge on any atom is -0.245 e. The minimum atomic E-state index is -3.39. The molecule has 0 aromatic carbocycles. The maximum absolute atomic E-state index is 11.9. The summed E-state index contributed by atoms with van der Waals surface area (Å²) in [7, 11) is -3.39. The van der Waals surface area contributed by atoms with Crippen LogP contribution in [0.25, 0.3) is 0 Å². The van der Waals surface area contributed by atoms with E-state index >= 15 is 0 Å². The Morgan fingerprint density at radius 2 is 2.17 bits per heavy atom. The van der Waals surface area contributed by atoms with Gasteiger partial charge in [0.1, 0.15) is 9.22 Å². The highest BCUT2D eigenvalue weighted by molar-refractivity contribution is 7.91. The normalized spacial score (nSPS) is 12.2. The lowest BCUT2D eigenvalue weighted by Gasteiger charge is -2.02. The van der Waals surface area contributed by atoms with E-state index in [2.05, 4.69) is 23.6 Å². The molecule has 0 spiro atoms. The molecule has 0 fully saturated rings. The highest BCUT2D eigenvalue weighted by Gasteiger charge is 2.15. The largest absolute Gasteiger partial charge is 0.250 e. The van der Waals surface area contributed by atoms with E-state index in [1.165, 1.54) is 22.7 Å². The third kappa shape index (κ3) is 3.17. The summed E-state index contributed by atoms with van der Waals surface area (Å²) in [6.07, 6.45) is 0. The van der Waals surface area contributed by atoms with E-state index in [-0.39, 0.29) is 6.54 Å². The average molecular weight is 302 g/mol. The van der Waals surface area contributed by atoms with Crippen LogP contribution >= 0.6 is 22.7 Å². The topological polar surface area (TPSA) is 59.1 Å². The first kappa shape index (κ1) is 13.7. The fourth-order valence-corrected chi connectivity index (χ4v) is 4.33. The molecule has 2 rings (SSSR count). The van der Waals surface area contributed by atoms with Crippen molar-refractivity contribution in [3.63, 3.8) is 0 Å². The van der Waals surface area contributed by atoms with Crippen molar-refractivity contribution >= 4 is 32.7 Å². The van der Waals surface area contributed by atoms with E-state index < -0.39 is 10.0 Å². The fraction of sp³-hybridized carbons (Fsp3) is 0.364. The van der Waals surface area contributed by atoms with Crippen molar-refractivity contribution in [2.45, 2.75) is 30.5 Å². The van der Waals surface area contributed by atoms with E-state index in [0.29, 0.717) is 10.1 Å². The molecule has 0 saturated carbocycles. The molecule has 0 radical (unpaired) electrons. The first-order valence-electron chi connectivity index (χ1n) is 5.46. The summed E-state index contributed by atoms with van der Waals surface area (Å²) in [5, 5.41) is 4.51. The van der Waals surface area contributed by atoms with Crippen molar-refractivity contribution < 1.29 is 8.42 Å². The molecule has 0 bridgehead atoms. The number of thiophene rings is 1. The van der Waals surface area contributed by atoms with Crippen LogP contribution in [0.4, 0.5) is 0 Å². The van der Waals surface area contributed by atoms with Gasteiger partial charge < -0.3 is 0 Å². The summed E-state index contributed by atoms with van der Waals surface area (Å²) >= 11 is 2.69. The van der Waals surface area contributed by atoms with Gasteiger partial charge in [-0.25, -0.2) is 18.1 Å². The first-order chi connectivity index (χ1) is 8.49. The second-order valence-corrected chi connectivity index (χ2v) is 7.96. The molecule has 18 heavy (non-hydrogen) atoms. The van der Waals surface area contributed by atoms with Crippen LogP contribution in [-0.2, 0) is 16.6 Å². The molecule has 0 aliphatic heterocycles. The van der Waals surface area contributed by atoms with Gasteiger partial charge in [0.05, 0.1) is 12.2 Å². The first-order valence-corrected chi connectivity index (χ1v) is 8.71. The second kappa shape index (κ2) is 5.48. The molecule has 1 N–H and O–H groups in total. The molecule has 0 aliphatic carbocycles. The summed E-state index contributed by atoms with van der Waals surface area (Å²) in [6, 6.07) is 3.31. The smallest absolute Gasteiger partial charge is 0.245 e. The molecule has 7 heteroatoms. The number of sulfonamides is 1. The van der Waals surface area contributed by atoms with E-state index in [4.69, 9.17) is 0 Å². The van der Waals surface area contributed by atoms with E-state index in [9.17, 15) is 8.42 Å². The lowest BCUT2D eigenvalue weighted by atomic mass is 10.2. The summed E-state index contributed by atoms with van der Waals surface area (Å²) in [5.74, 6) is 0.365. The predicted octanol–water partition coefficient (Wildman–Crippen LogP) is 2.81. The van der Waals surface area contributed by atoms with Gasteiger partial charge in [-0.05, 0) is 17.4 Å². The number of hydrogen-bond donors (Lipinski definition) is 1. The van der Waals surface area contributed by atoms with Gasteiger partial charge in [-0.1, -0.05) is 19.9 Å². The van der Waals surface area contributed by atoms with Crippen molar-refractivity contribution in [3.05, 3.63) is 33.6 Å². The molecule has 0 aliphatic rings. The highest BCUT2D eigenvalue weighted by Crippen LogP contribution is 2.19. The number of thiazole rings is 1. The van der Waals surface area contributed by atoms with Crippen molar-refractivity contribution in [2.24, 2.45) is 0 Å². The molecule has 2 heterocycles. The fourth-order valence-electron chi connectivity index (χ4n) is 1.32. The Kier molecular flexibility index (Phi) is 4.16. The number of hydrogen-bond acceptors (Lipinski definition) is 5.